The number of fused-ring (bicyclic) bond motifs is 19. The van der Waals surface area contributed by atoms with E-state index in [4.69, 9.17) is 9.15 Å². The molecule has 85 heavy (non-hydrogen) atoms. The molecule has 1 aliphatic heterocycles. The highest BCUT2D eigenvalue weighted by Gasteiger charge is 2.52. The predicted octanol–water partition coefficient (Wildman–Crippen LogP) is 21.5. The second-order valence-electron chi connectivity index (χ2n) is 22.9. The maximum absolute atomic E-state index is 7.29. The number of hydrogen-bond acceptors (Lipinski definition) is 3. The second-order valence-corrected chi connectivity index (χ2v) is 22.9. The lowest BCUT2D eigenvalue weighted by Crippen LogP contribution is -2.32. The van der Waals surface area contributed by atoms with Gasteiger partial charge in [-0.15, -0.1) is 0 Å². The van der Waals surface area contributed by atoms with Gasteiger partial charge in [-0.1, -0.05) is 255 Å². The summed E-state index contributed by atoms with van der Waals surface area (Å²) in [7, 11) is 0. The number of rotatable bonds is 7. The smallest absolute Gasteiger partial charge is 0.140 e. The van der Waals surface area contributed by atoms with E-state index >= 15 is 0 Å². The van der Waals surface area contributed by atoms with Crippen LogP contribution in [0.15, 0.2) is 314 Å². The molecule has 0 bridgehead atoms. The summed E-state index contributed by atoms with van der Waals surface area (Å²) >= 11 is 0. The van der Waals surface area contributed by atoms with E-state index < -0.39 is 10.8 Å². The SMILES string of the molecule is c1ccc(C2(c3ccccc3)c3ccccc3-c3ccc(N(c4ccc(-c5ccc6c(c5)C5(c7ccccc7-6)c6ccc7ccccc7c6Oc6c5ccc5ccccc65)cc4)c4ccc(-c5cccc6oc7ccccc7c56)cc4)cc32)cc1. The third kappa shape index (κ3) is 6.72. The molecule has 2 heterocycles. The predicted molar refractivity (Wildman–Crippen MR) is 349 cm³/mol. The van der Waals surface area contributed by atoms with E-state index in [9.17, 15) is 0 Å². The van der Waals surface area contributed by atoms with E-state index in [-0.39, 0.29) is 0 Å². The monoisotopic (exact) mass is 1080 g/mol. The van der Waals surface area contributed by atoms with Crippen LogP contribution < -0.4 is 9.64 Å². The number of hydrogen-bond donors (Lipinski definition) is 0. The minimum atomic E-state index is -0.653. The molecule has 0 amide bonds. The molecule has 396 valence electrons. The number of anilines is 3. The molecule has 2 aliphatic carbocycles. The largest absolute Gasteiger partial charge is 0.456 e. The zero-order valence-corrected chi connectivity index (χ0v) is 46.2. The average Bonchev–Trinajstić information content (AvgIpc) is 1.66. The van der Waals surface area contributed by atoms with Crippen molar-refractivity contribution < 1.29 is 9.15 Å². The first-order valence-corrected chi connectivity index (χ1v) is 29.4. The van der Waals surface area contributed by atoms with E-state index in [1.807, 2.05) is 6.07 Å². The van der Waals surface area contributed by atoms with Crippen molar-refractivity contribution in [2.75, 3.05) is 4.90 Å². The van der Waals surface area contributed by atoms with Gasteiger partial charge in [-0.25, -0.2) is 0 Å². The van der Waals surface area contributed by atoms with Gasteiger partial charge in [0.1, 0.15) is 22.7 Å². The Morgan fingerprint density at radius 1 is 0.259 bits per heavy atom. The highest BCUT2D eigenvalue weighted by atomic mass is 16.5. The van der Waals surface area contributed by atoms with Crippen molar-refractivity contribution >= 4 is 60.5 Å². The van der Waals surface area contributed by atoms with Crippen molar-refractivity contribution in [2.24, 2.45) is 0 Å². The van der Waals surface area contributed by atoms with Crippen LogP contribution in [0, 0.1) is 0 Å². The summed E-state index contributed by atoms with van der Waals surface area (Å²) < 4.78 is 13.7. The van der Waals surface area contributed by atoms with E-state index in [1.54, 1.807) is 0 Å². The van der Waals surface area contributed by atoms with Gasteiger partial charge >= 0.3 is 0 Å². The molecule has 18 rings (SSSR count). The Labute approximate surface area is 492 Å². The number of furan rings is 1. The van der Waals surface area contributed by atoms with Crippen LogP contribution in [0.1, 0.15) is 44.5 Å². The summed E-state index contributed by atoms with van der Waals surface area (Å²) in [6, 6.07) is 114. The van der Waals surface area contributed by atoms with E-state index in [0.29, 0.717) is 0 Å². The molecule has 3 nitrogen and oxygen atoms in total. The standard InChI is InChI=1S/C82H51NO2/c1-3-20-57(21-4-1)81(58-22-5-2-6-23-58)70-30-14-11-26-65(70)68-47-45-61(51-75(68)81)83(60-43-36-55(37-44-60)62-29-17-33-77-78(62)69-28-13-16-32-76(69)84-77)59-41-34-52(35-42-59)56-38-46-67-66-27-12-15-31-71(66)82(74(67)50-56)72-48-39-53-18-7-9-24-63(53)79(72)85-80-64-25-10-8-19-54(64)40-49-73(80)82/h1-51H. The van der Waals surface area contributed by atoms with Gasteiger partial charge in [-0.2, -0.15) is 0 Å². The van der Waals surface area contributed by atoms with E-state index in [1.165, 1.54) is 55.6 Å². The number of benzene rings is 14. The second kappa shape index (κ2) is 18.2. The van der Waals surface area contributed by atoms with Gasteiger partial charge in [-0.05, 0) is 143 Å². The summed E-state index contributed by atoms with van der Waals surface area (Å²) in [6.07, 6.45) is 0. The van der Waals surface area contributed by atoms with E-state index in [2.05, 4.69) is 308 Å². The molecule has 14 aromatic carbocycles. The highest BCUT2D eigenvalue weighted by molar-refractivity contribution is 6.12. The lowest BCUT2D eigenvalue weighted by atomic mass is 9.65. The Kier molecular flexibility index (Phi) is 10.2. The molecule has 0 fully saturated rings. The van der Waals surface area contributed by atoms with Crippen LogP contribution in [-0.4, -0.2) is 0 Å². The minimum Gasteiger partial charge on any atom is -0.456 e. The lowest BCUT2D eigenvalue weighted by molar-refractivity contribution is 0.447. The maximum atomic E-state index is 7.29. The quantitative estimate of drug-likeness (QED) is 0.159. The van der Waals surface area contributed by atoms with Gasteiger partial charge in [0.2, 0.25) is 0 Å². The minimum absolute atomic E-state index is 0.563. The van der Waals surface area contributed by atoms with Crippen molar-refractivity contribution in [1.82, 2.24) is 0 Å². The van der Waals surface area contributed by atoms with Gasteiger partial charge in [0.15, 0.2) is 0 Å². The van der Waals surface area contributed by atoms with Crippen LogP contribution in [0.5, 0.6) is 11.5 Å². The van der Waals surface area contributed by atoms with Crippen molar-refractivity contribution in [3.8, 4) is 56.0 Å². The zero-order chi connectivity index (χ0) is 55.8. The van der Waals surface area contributed by atoms with Crippen molar-refractivity contribution in [3.63, 3.8) is 0 Å². The Hall–Kier alpha value is -11.0. The highest BCUT2D eigenvalue weighted by Crippen LogP contribution is 2.65. The Bertz CT molecular complexity index is 5090. The zero-order valence-electron chi connectivity index (χ0n) is 46.2. The molecule has 0 radical (unpaired) electrons. The molecule has 15 aromatic rings. The first kappa shape index (κ1) is 47.6. The van der Waals surface area contributed by atoms with Gasteiger partial charge < -0.3 is 14.1 Å². The third-order valence-electron chi connectivity index (χ3n) is 18.8. The van der Waals surface area contributed by atoms with Crippen LogP contribution in [0.2, 0.25) is 0 Å². The summed E-state index contributed by atoms with van der Waals surface area (Å²) in [6.45, 7) is 0. The molecule has 1 spiro atoms. The molecule has 0 saturated heterocycles. The molecular weight excluding hydrogens is 1030 g/mol. The van der Waals surface area contributed by atoms with Crippen molar-refractivity contribution in [2.45, 2.75) is 10.8 Å². The van der Waals surface area contributed by atoms with Crippen LogP contribution in [0.25, 0.3) is 88.0 Å². The number of para-hydroxylation sites is 1. The first-order valence-electron chi connectivity index (χ1n) is 29.4. The topological polar surface area (TPSA) is 25.6 Å². The Balaban J connectivity index is 0.818. The maximum Gasteiger partial charge on any atom is 0.140 e. The number of ether oxygens (including phenoxy) is 1. The summed E-state index contributed by atoms with van der Waals surface area (Å²) in [5.74, 6) is 1.83. The first-order chi connectivity index (χ1) is 42.1. The summed E-state index contributed by atoms with van der Waals surface area (Å²) in [5, 5.41) is 6.77. The van der Waals surface area contributed by atoms with Crippen molar-refractivity contribution in [1.29, 1.82) is 0 Å². The average molecular weight is 1080 g/mol. The van der Waals surface area contributed by atoms with Gasteiger partial charge in [-0.3, -0.25) is 0 Å². The Morgan fingerprint density at radius 3 is 1.35 bits per heavy atom. The molecule has 0 N–H and O–H groups in total. The van der Waals surface area contributed by atoms with Crippen LogP contribution in [-0.2, 0) is 10.8 Å². The third-order valence-corrected chi connectivity index (χ3v) is 18.8. The molecule has 3 aliphatic rings. The lowest BCUT2D eigenvalue weighted by Gasteiger charge is -2.40. The fraction of sp³-hybridized carbons (Fsp3) is 0.0244. The van der Waals surface area contributed by atoms with Crippen LogP contribution >= 0.6 is 0 Å². The van der Waals surface area contributed by atoms with Gasteiger partial charge in [0, 0.05) is 49.7 Å². The fourth-order valence-corrected chi connectivity index (χ4v) is 15.2. The molecule has 0 unspecified atom stereocenters. The molecule has 3 heteroatoms. The molecule has 0 saturated carbocycles. The fourth-order valence-electron chi connectivity index (χ4n) is 15.2. The van der Waals surface area contributed by atoms with Crippen LogP contribution in [0.4, 0.5) is 17.1 Å². The van der Waals surface area contributed by atoms with E-state index in [0.717, 1.165) is 105 Å². The summed E-state index contributed by atoms with van der Waals surface area (Å²) in [5.41, 5.74) is 23.1. The van der Waals surface area contributed by atoms with Gasteiger partial charge in [0.25, 0.3) is 0 Å². The van der Waals surface area contributed by atoms with Crippen molar-refractivity contribution in [3.05, 3.63) is 354 Å². The molecular formula is C82H51NO2. The molecule has 0 atom stereocenters. The number of nitrogens with zero attached hydrogens (tertiary/aromatic N) is 1. The summed E-state index contributed by atoms with van der Waals surface area (Å²) in [4.78, 5) is 2.43. The normalized spacial score (nSPS) is 13.7. The Morgan fingerprint density at radius 2 is 0.718 bits per heavy atom. The van der Waals surface area contributed by atoms with Crippen LogP contribution in [0.3, 0.4) is 0 Å². The molecule has 1 aromatic heterocycles. The van der Waals surface area contributed by atoms with Gasteiger partial charge in [0.05, 0.1) is 10.8 Å².